The molecule has 8 heteroatoms. The van der Waals surface area contributed by atoms with Crippen molar-refractivity contribution in [3.05, 3.63) is 77.3 Å². The molecule has 32 heavy (non-hydrogen) atoms. The van der Waals surface area contributed by atoms with Crippen LogP contribution in [-0.2, 0) is 33.7 Å². The number of aryl methyl sites for hydroxylation is 2. The Bertz CT molecular complexity index is 1080. The summed E-state index contributed by atoms with van der Waals surface area (Å²) in [6, 6.07) is 11.1. The Labute approximate surface area is 184 Å². The van der Waals surface area contributed by atoms with Crippen LogP contribution in [0.15, 0.2) is 53.1 Å². The molecule has 1 aromatic heterocycles. The van der Waals surface area contributed by atoms with Crippen molar-refractivity contribution in [1.29, 1.82) is 0 Å². The minimum absolute atomic E-state index is 0.0542. The lowest BCUT2D eigenvalue weighted by Crippen LogP contribution is -2.30. The second-order valence-corrected chi connectivity index (χ2v) is 7.32. The van der Waals surface area contributed by atoms with Crippen molar-refractivity contribution >= 4 is 11.9 Å². The van der Waals surface area contributed by atoms with Crippen molar-refractivity contribution in [2.24, 2.45) is 0 Å². The lowest BCUT2D eigenvalue weighted by atomic mass is 10.1. The van der Waals surface area contributed by atoms with Gasteiger partial charge in [0.1, 0.15) is 11.6 Å². The number of carbonyl (C=O) groups excluding carboxylic acids is 2. The fourth-order valence-electron chi connectivity index (χ4n) is 3.02. The van der Waals surface area contributed by atoms with Gasteiger partial charge < -0.3 is 14.1 Å². The van der Waals surface area contributed by atoms with Crippen molar-refractivity contribution in [3.63, 3.8) is 0 Å². The summed E-state index contributed by atoms with van der Waals surface area (Å²) in [5, 5.41) is 0. The molecular weight excluding hydrogens is 418 g/mol. The molecule has 1 heterocycles. The molecule has 0 aliphatic rings. The van der Waals surface area contributed by atoms with Gasteiger partial charge in [-0.25, -0.2) is 13.8 Å². The Balaban J connectivity index is 1.43. The summed E-state index contributed by atoms with van der Waals surface area (Å²) in [6.45, 7) is 2.13. The van der Waals surface area contributed by atoms with Crippen LogP contribution >= 0.6 is 0 Å². The van der Waals surface area contributed by atoms with Gasteiger partial charge in [-0.2, -0.15) is 0 Å². The Morgan fingerprint density at radius 1 is 1.09 bits per heavy atom. The molecule has 2 aromatic carbocycles. The quantitative estimate of drug-likeness (QED) is 0.462. The van der Waals surface area contributed by atoms with Crippen LogP contribution in [0.5, 0.6) is 0 Å². The maximum atomic E-state index is 13.8. The van der Waals surface area contributed by atoms with Crippen LogP contribution in [-0.4, -0.2) is 35.4 Å². The Hall–Kier alpha value is -3.55. The summed E-state index contributed by atoms with van der Waals surface area (Å²) < 4.78 is 37.3. The first kappa shape index (κ1) is 23.1. The van der Waals surface area contributed by atoms with Crippen LogP contribution < -0.4 is 0 Å². The highest BCUT2D eigenvalue weighted by Crippen LogP contribution is 2.24. The number of esters is 1. The van der Waals surface area contributed by atoms with E-state index in [0.29, 0.717) is 6.54 Å². The van der Waals surface area contributed by atoms with Crippen LogP contribution in [0.4, 0.5) is 8.78 Å². The van der Waals surface area contributed by atoms with Crippen LogP contribution in [0, 0.1) is 11.6 Å². The largest absolute Gasteiger partial charge is 0.456 e. The monoisotopic (exact) mass is 442 g/mol. The van der Waals surface area contributed by atoms with Crippen LogP contribution in [0.2, 0.25) is 0 Å². The van der Waals surface area contributed by atoms with E-state index in [9.17, 15) is 18.4 Å². The number of benzene rings is 2. The van der Waals surface area contributed by atoms with Crippen molar-refractivity contribution in [1.82, 2.24) is 9.88 Å². The van der Waals surface area contributed by atoms with E-state index in [0.717, 1.165) is 24.1 Å². The number of hydrogen-bond acceptors (Lipinski definition) is 5. The average molecular weight is 442 g/mol. The first-order chi connectivity index (χ1) is 15.4. The lowest BCUT2D eigenvalue weighted by Gasteiger charge is -2.17. The van der Waals surface area contributed by atoms with E-state index in [2.05, 4.69) is 11.9 Å². The van der Waals surface area contributed by atoms with Gasteiger partial charge in [-0.3, -0.25) is 9.59 Å². The maximum Gasteiger partial charge on any atom is 0.306 e. The first-order valence-corrected chi connectivity index (χ1v) is 10.2. The van der Waals surface area contributed by atoms with E-state index in [1.54, 1.807) is 7.05 Å². The zero-order valence-electron chi connectivity index (χ0n) is 17.9. The summed E-state index contributed by atoms with van der Waals surface area (Å²) in [5.41, 5.74) is 2.28. The smallest absolute Gasteiger partial charge is 0.306 e. The number of hydrogen-bond donors (Lipinski definition) is 0. The number of ether oxygens (including phenoxy) is 1. The molecule has 0 atom stereocenters. The molecule has 1 amide bonds. The van der Waals surface area contributed by atoms with E-state index in [-0.39, 0.29) is 42.6 Å². The third-order valence-electron chi connectivity index (χ3n) is 4.93. The van der Waals surface area contributed by atoms with Crippen LogP contribution in [0.1, 0.15) is 30.4 Å². The van der Waals surface area contributed by atoms with Crippen molar-refractivity contribution in [2.75, 3.05) is 13.7 Å². The minimum Gasteiger partial charge on any atom is -0.456 e. The van der Waals surface area contributed by atoms with Crippen LogP contribution in [0.3, 0.4) is 0 Å². The fourth-order valence-corrected chi connectivity index (χ4v) is 3.02. The predicted octanol–water partition coefficient (Wildman–Crippen LogP) is 4.32. The number of halogens is 2. The average Bonchev–Trinajstić information content (AvgIpc) is 3.25. The number of carbonyl (C=O) groups is 2. The number of aromatic nitrogens is 1. The Morgan fingerprint density at radius 2 is 1.81 bits per heavy atom. The predicted molar refractivity (Wildman–Crippen MR) is 113 cm³/mol. The zero-order valence-corrected chi connectivity index (χ0v) is 17.9. The summed E-state index contributed by atoms with van der Waals surface area (Å²) in [5.74, 6) is -2.01. The van der Waals surface area contributed by atoms with Gasteiger partial charge in [-0.15, -0.1) is 0 Å². The maximum absolute atomic E-state index is 13.8. The third-order valence-corrected chi connectivity index (χ3v) is 4.93. The topological polar surface area (TPSA) is 72.6 Å². The van der Waals surface area contributed by atoms with Gasteiger partial charge in [-0.05, 0) is 29.7 Å². The molecule has 0 saturated heterocycles. The Kier molecular flexibility index (Phi) is 7.70. The van der Waals surface area contributed by atoms with E-state index in [4.69, 9.17) is 9.15 Å². The summed E-state index contributed by atoms with van der Waals surface area (Å²) >= 11 is 0. The lowest BCUT2D eigenvalue weighted by molar-refractivity contribution is -0.151. The van der Waals surface area contributed by atoms with Crippen molar-refractivity contribution in [3.8, 4) is 11.3 Å². The highest BCUT2D eigenvalue weighted by molar-refractivity contribution is 5.80. The highest BCUT2D eigenvalue weighted by atomic mass is 19.1. The standard InChI is InChI=1S/C24H24F2N2O4/c1-3-16-4-6-17(7-5-16)14-28(2)23(29)15-31-24(30)11-10-22-27-13-21(32-22)19-9-8-18(25)12-20(19)26/h4-9,12-13H,3,10-11,14-15H2,1-2H3. The number of oxazole rings is 1. The molecule has 0 bridgehead atoms. The minimum atomic E-state index is -0.768. The molecular formula is C24H24F2N2O4. The van der Waals surface area contributed by atoms with Gasteiger partial charge in [-0.1, -0.05) is 31.2 Å². The zero-order chi connectivity index (χ0) is 23.1. The molecule has 3 rings (SSSR count). The Morgan fingerprint density at radius 3 is 2.50 bits per heavy atom. The van der Waals surface area contributed by atoms with Gasteiger partial charge in [0.2, 0.25) is 0 Å². The number of likely N-dealkylation sites (N-methyl/N-ethyl adjacent to an activating group) is 1. The summed E-state index contributed by atoms with van der Waals surface area (Å²) in [6.07, 6.45) is 2.32. The first-order valence-electron chi connectivity index (χ1n) is 10.2. The molecule has 0 unspecified atom stereocenters. The van der Waals surface area contributed by atoms with Gasteiger partial charge in [0.25, 0.3) is 5.91 Å². The molecule has 6 nitrogen and oxygen atoms in total. The molecule has 0 radical (unpaired) electrons. The molecule has 0 aliphatic heterocycles. The van der Waals surface area contributed by atoms with E-state index in [1.165, 1.54) is 22.7 Å². The van der Waals surface area contributed by atoms with Crippen molar-refractivity contribution in [2.45, 2.75) is 32.7 Å². The van der Waals surface area contributed by atoms with E-state index in [1.807, 2.05) is 24.3 Å². The third kappa shape index (κ3) is 6.23. The molecule has 168 valence electrons. The highest BCUT2D eigenvalue weighted by Gasteiger charge is 2.15. The number of rotatable bonds is 9. The van der Waals surface area contributed by atoms with Gasteiger partial charge in [0.15, 0.2) is 18.3 Å². The number of amides is 1. The number of nitrogens with zero attached hydrogens (tertiary/aromatic N) is 2. The van der Waals surface area contributed by atoms with Gasteiger partial charge in [0.05, 0.1) is 18.2 Å². The van der Waals surface area contributed by atoms with Crippen molar-refractivity contribution < 1.29 is 27.5 Å². The molecule has 0 aliphatic carbocycles. The summed E-state index contributed by atoms with van der Waals surface area (Å²) in [7, 11) is 1.65. The molecule has 0 saturated carbocycles. The molecule has 0 N–H and O–H groups in total. The normalized spacial score (nSPS) is 10.8. The van der Waals surface area contributed by atoms with Gasteiger partial charge >= 0.3 is 5.97 Å². The summed E-state index contributed by atoms with van der Waals surface area (Å²) in [4.78, 5) is 29.7. The van der Waals surface area contributed by atoms with E-state index >= 15 is 0 Å². The fraction of sp³-hybridized carbons (Fsp3) is 0.292. The van der Waals surface area contributed by atoms with Gasteiger partial charge in [0, 0.05) is 26.1 Å². The van der Waals surface area contributed by atoms with Crippen LogP contribution in [0.25, 0.3) is 11.3 Å². The SMILES string of the molecule is CCc1ccc(CN(C)C(=O)COC(=O)CCc2ncc(-c3ccc(F)cc3F)o2)cc1. The second-order valence-electron chi connectivity index (χ2n) is 7.32. The second kappa shape index (κ2) is 10.7. The molecule has 3 aromatic rings. The molecule has 0 fully saturated rings. The molecule has 0 spiro atoms. The van der Waals surface area contributed by atoms with E-state index < -0.39 is 17.6 Å².